The summed E-state index contributed by atoms with van der Waals surface area (Å²) in [6.45, 7) is 12.0. The quantitative estimate of drug-likeness (QED) is 0.518. The number of oxazole rings is 1. The summed E-state index contributed by atoms with van der Waals surface area (Å²) >= 11 is 3.52. The predicted octanol–water partition coefficient (Wildman–Crippen LogP) is 4.85. The molecule has 0 spiro atoms. The lowest BCUT2D eigenvalue weighted by Gasteiger charge is -2.34. The standard InChI is InChI=1S/C22H27BrN4O4/c1-13-9-26(10-14(2)29-13)11-16-8-25-20(30-16)15-6-17-18(23)12-27(19(17)24-7-15)21(28)31-22(3,4)5/h6-8,12-14H,9-11H2,1-5H3/t13-,14+. The van der Waals surface area contributed by atoms with Gasteiger partial charge in [-0.25, -0.2) is 19.3 Å². The van der Waals surface area contributed by atoms with E-state index in [2.05, 4.69) is 44.6 Å². The van der Waals surface area contributed by atoms with Crippen LogP contribution in [0.25, 0.3) is 22.5 Å². The molecule has 3 aromatic heterocycles. The number of pyridine rings is 1. The maximum atomic E-state index is 12.5. The van der Waals surface area contributed by atoms with Crippen LogP contribution >= 0.6 is 15.9 Å². The lowest BCUT2D eigenvalue weighted by Crippen LogP contribution is -2.44. The van der Waals surface area contributed by atoms with E-state index < -0.39 is 11.7 Å². The van der Waals surface area contributed by atoms with E-state index >= 15 is 0 Å². The van der Waals surface area contributed by atoms with Crippen molar-refractivity contribution in [3.05, 3.63) is 34.9 Å². The molecule has 0 N–H and O–H groups in total. The third-order valence-corrected chi connectivity index (χ3v) is 5.49. The van der Waals surface area contributed by atoms with Crippen molar-refractivity contribution in [3.8, 4) is 11.5 Å². The molecule has 0 aromatic carbocycles. The normalized spacial score (nSPS) is 20.3. The maximum absolute atomic E-state index is 12.5. The van der Waals surface area contributed by atoms with Gasteiger partial charge in [-0.1, -0.05) is 0 Å². The Morgan fingerprint density at radius 3 is 2.61 bits per heavy atom. The number of carbonyl (C=O) groups is 1. The third-order valence-electron chi connectivity index (χ3n) is 4.86. The van der Waals surface area contributed by atoms with Crippen LogP contribution in [0.2, 0.25) is 0 Å². The molecule has 31 heavy (non-hydrogen) atoms. The molecule has 8 nitrogen and oxygen atoms in total. The fourth-order valence-corrected chi connectivity index (χ4v) is 4.28. The smallest absolute Gasteiger partial charge is 0.420 e. The Balaban J connectivity index is 1.56. The Hall–Kier alpha value is -2.23. The molecule has 166 valence electrons. The van der Waals surface area contributed by atoms with E-state index in [1.807, 2.05) is 26.8 Å². The molecule has 0 saturated carbocycles. The molecule has 1 saturated heterocycles. The third kappa shape index (κ3) is 4.99. The largest absolute Gasteiger partial charge is 0.443 e. The van der Waals surface area contributed by atoms with Crippen molar-refractivity contribution >= 4 is 33.1 Å². The number of nitrogens with zero attached hydrogens (tertiary/aromatic N) is 4. The second-order valence-electron chi connectivity index (χ2n) is 9.01. The van der Waals surface area contributed by atoms with Crippen molar-refractivity contribution in [2.45, 2.75) is 59.0 Å². The molecule has 3 aromatic rings. The van der Waals surface area contributed by atoms with Gasteiger partial charge in [0.05, 0.1) is 30.5 Å². The molecule has 1 fully saturated rings. The molecule has 0 aliphatic carbocycles. The number of halogens is 1. The number of fused-ring (bicyclic) bond motifs is 1. The minimum atomic E-state index is -0.593. The van der Waals surface area contributed by atoms with Crippen LogP contribution < -0.4 is 0 Å². The van der Waals surface area contributed by atoms with Gasteiger partial charge in [-0.05, 0) is 56.6 Å². The number of rotatable bonds is 3. The Labute approximate surface area is 189 Å². The Kier molecular flexibility index (Phi) is 5.93. The highest BCUT2D eigenvalue weighted by atomic mass is 79.9. The van der Waals surface area contributed by atoms with Gasteiger partial charge in [-0.3, -0.25) is 4.90 Å². The molecular weight excluding hydrogens is 464 g/mol. The average molecular weight is 491 g/mol. The summed E-state index contributed by atoms with van der Waals surface area (Å²) in [6, 6.07) is 1.90. The second-order valence-corrected chi connectivity index (χ2v) is 9.86. The summed E-state index contributed by atoms with van der Waals surface area (Å²) in [6.07, 6.45) is 5.00. The number of aromatic nitrogens is 3. The van der Waals surface area contributed by atoms with Crippen molar-refractivity contribution in [1.82, 2.24) is 19.4 Å². The Bertz CT molecular complexity index is 1090. The van der Waals surface area contributed by atoms with Crippen LogP contribution in [0.5, 0.6) is 0 Å². The summed E-state index contributed by atoms with van der Waals surface area (Å²) in [5, 5.41) is 0.777. The van der Waals surface area contributed by atoms with Crippen LogP contribution in [-0.4, -0.2) is 56.4 Å². The highest BCUT2D eigenvalue weighted by Gasteiger charge is 2.24. The second kappa shape index (κ2) is 8.37. The fraction of sp³-hybridized carbons (Fsp3) is 0.500. The summed E-state index contributed by atoms with van der Waals surface area (Å²) in [7, 11) is 0. The van der Waals surface area contributed by atoms with E-state index in [9.17, 15) is 4.79 Å². The van der Waals surface area contributed by atoms with Crippen molar-refractivity contribution in [2.75, 3.05) is 13.1 Å². The SMILES string of the molecule is C[C@@H]1CN(Cc2cnc(-c3cnc4c(c3)c(Br)cn4C(=O)OC(C)(C)C)o2)C[C@H](C)O1. The van der Waals surface area contributed by atoms with E-state index in [1.54, 1.807) is 18.6 Å². The highest BCUT2D eigenvalue weighted by molar-refractivity contribution is 9.10. The van der Waals surface area contributed by atoms with Crippen LogP contribution in [0, 0.1) is 0 Å². The van der Waals surface area contributed by atoms with Gasteiger partial charge in [0.1, 0.15) is 11.4 Å². The maximum Gasteiger partial charge on any atom is 0.420 e. The van der Waals surface area contributed by atoms with E-state index in [-0.39, 0.29) is 12.2 Å². The van der Waals surface area contributed by atoms with Gasteiger partial charge < -0.3 is 13.9 Å². The molecule has 4 heterocycles. The van der Waals surface area contributed by atoms with Gasteiger partial charge in [0.15, 0.2) is 5.65 Å². The van der Waals surface area contributed by atoms with Gasteiger partial charge in [-0.2, -0.15) is 0 Å². The first-order valence-corrected chi connectivity index (χ1v) is 11.1. The zero-order valence-corrected chi connectivity index (χ0v) is 20.0. The topological polar surface area (TPSA) is 82.6 Å². The van der Waals surface area contributed by atoms with Gasteiger partial charge in [0, 0.05) is 35.3 Å². The van der Waals surface area contributed by atoms with Crippen molar-refractivity contribution in [3.63, 3.8) is 0 Å². The van der Waals surface area contributed by atoms with Crippen molar-refractivity contribution < 1.29 is 18.7 Å². The first kappa shape index (κ1) is 22.0. The minimum absolute atomic E-state index is 0.198. The highest BCUT2D eigenvalue weighted by Crippen LogP contribution is 2.30. The monoisotopic (exact) mass is 490 g/mol. The molecule has 1 aliphatic rings. The lowest BCUT2D eigenvalue weighted by molar-refractivity contribution is -0.0718. The summed E-state index contributed by atoms with van der Waals surface area (Å²) in [4.78, 5) is 23.7. The summed E-state index contributed by atoms with van der Waals surface area (Å²) in [5.74, 6) is 1.29. The number of hydrogen-bond donors (Lipinski definition) is 0. The molecule has 0 radical (unpaired) electrons. The Morgan fingerprint density at radius 1 is 1.23 bits per heavy atom. The molecule has 2 atom stereocenters. The summed E-state index contributed by atoms with van der Waals surface area (Å²) in [5.41, 5.74) is 0.656. The van der Waals surface area contributed by atoms with Crippen LogP contribution in [-0.2, 0) is 16.0 Å². The van der Waals surface area contributed by atoms with Crippen LogP contribution in [0.4, 0.5) is 4.79 Å². The Morgan fingerprint density at radius 2 is 1.94 bits per heavy atom. The van der Waals surface area contributed by atoms with E-state index in [1.165, 1.54) is 4.57 Å². The fourth-order valence-electron chi connectivity index (χ4n) is 3.78. The van der Waals surface area contributed by atoms with E-state index in [4.69, 9.17) is 13.9 Å². The van der Waals surface area contributed by atoms with Gasteiger partial charge >= 0.3 is 6.09 Å². The zero-order valence-electron chi connectivity index (χ0n) is 18.4. The summed E-state index contributed by atoms with van der Waals surface area (Å²) < 4.78 is 19.4. The van der Waals surface area contributed by atoms with Gasteiger partial charge in [0.2, 0.25) is 5.89 Å². The molecule has 0 bridgehead atoms. The average Bonchev–Trinajstić information content (AvgIpc) is 3.24. The molecule has 1 aliphatic heterocycles. The molecular formula is C22H27BrN4O4. The molecule has 4 rings (SSSR count). The molecule has 0 amide bonds. The number of morpholine rings is 1. The van der Waals surface area contributed by atoms with Crippen LogP contribution in [0.15, 0.2) is 33.5 Å². The van der Waals surface area contributed by atoms with E-state index in [0.29, 0.717) is 18.1 Å². The van der Waals surface area contributed by atoms with Crippen LogP contribution in [0.1, 0.15) is 40.4 Å². The van der Waals surface area contributed by atoms with E-state index in [0.717, 1.165) is 34.3 Å². The lowest BCUT2D eigenvalue weighted by atomic mass is 10.2. The predicted molar refractivity (Wildman–Crippen MR) is 120 cm³/mol. The first-order valence-electron chi connectivity index (χ1n) is 10.3. The number of ether oxygens (including phenoxy) is 2. The van der Waals surface area contributed by atoms with Gasteiger partial charge in [-0.15, -0.1) is 0 Å². The van der Waals surface area contributed by atoms with Crippen molar-refractivity contribution in [1.29, 1.82) is 0 Å². The number of hydrogen-bond acceptors (Lipinski definition) is 7. The van der Waals surface area contributed by atoms with Crippen LogP contribution in [0.3, 0.4) is 0 Å². The molecule has 0 unspecified atom stereocenters. The molecule has 9 heteroatoms. The zero-order chi connectivity index (χ0) is 22.3. The van der Waals surface area contributed by atoms with Crippen molar-refractivity contribution in [2.24, 2.45) is 0 Å². The minimum Gasteiger partial charge on any atom is -0.443 e. The number of carbonyl (C=O) groups excluding carboxylic acids is 1. The van der Waals surface area contributed by atoms with Gasteiger partial charge in [0.25, 0.3) is 0 Å². The first-order chi connectivity index (χ1) is 14.6.